The third-order valence-electron chi connectivity index (χ3n) is 5.39. The molecular formula is C16H5F23O2. The van der Waals surface area contributed by atoms with Gasteiger partial charge >= 0.3 is 77.0 Å². The lowest BCUT2D eigenvalue weighted by Gasteiger charge is -2.54. The first-order valence-corrected chi connectivity index (χ1v) is 9.06. The number of hydrogen-bond acceptors (Lipinski definition) is 2. The molecular weight excluding hydrogens is 661 g/mol. The fourth-order valence-corrected chi connectivity index (χ4v) is 2.87. The highest BCUT2D eigenvalue weighted by molar-refractivity contribution is 5.87. The van der Waals surface area contributed by atoms with Crippen molar-refractivity contribution in [3.8, 4) is 0 Å². The van der Waals surface area contributed by atoms with E-state index in [-0.39, 0.29) is 6.92 Å². The SMILES string of the molecule is C=C(C)C(=O)OC(F)(F)C(F)(F)C(F)(F)C(F)(F)C1(F)C(F)(F)C(F)(F)C(F)(F)C(F)(F)C(F)(F)C(F)(F)C1(F)F. The molecule has 0 N–H and O–H groups in total. The Balaban J connectivity index is 4.40. The maximum absolute atomic E-state index is 14.8. The zero-order valence-electron chi connectivity index (χ0n) is 18.2. The van der Waals surface area contributed by atoms with Crippen molar-refractivity contribution in [2.24, 2.45) is 0 Å². The van der Waals surface area contributed by atoms with Gasteiger partial charge in [-0.05, 0) is 6.92 Å². The van der Waals surface area contributed by atoms with Crippen LogP contribution in [-0.2, 0) is 9.53 Å². The zero-order chi connectivity index (χ0) is 33.9. The second kappa shape index (κ2) is 8.58. The molecule has 0 bridgehead atoms. The van der Waals surface area contributed by atoms with Gasteiger partial charge in [0.2, 0.25) is 0 Å². The predicted molar refractivity (Wildman–Crippen MR) is 79.2 cm³/mol. The smallest absolute Gasteiger partial charge is 0.393 e. The normalized spacial score (nSPS) is 26.3. The van der Waals surface area contributed by atoms with Crippen LogP contribution in [0, 0.1) is 0 Å². The van der Waals surface area contributed by atoms with Crippen LogP contribution >= 0.6 is 0 Å². The van der Waals surface area contributed by atoms with Crippen molar-refractivity contribution in [3.63, 3.8) is 0 Å². The Kier molecular flexibility index (Phi) is 7.67. The number of ether oxygens (including phenoxy) is 1. The third-order valence-corrected chi connectivity index (χ3v) is 5.39. The maximum Gasteiger partial charge on any atom is 0.473 e. The van der Waals surface area contributed by atoms with E-state index in [9.17, 15) is 106 Å². The van der Waals surface area contributed by atoms with Crippen molar-refractivity contribution in [2.45, 2.75) is 77.9 Å². The molecule has 0 spiro atoms. The van der Waals surface area contributed by atoms with Crippen LogP contribution in [0.5, 0.6) is 0 Å². The summed E-state index contributed by atoms with van der Waals surface area (Å²) in [5, 5.41) is 0. The Hall–Kier alpha value is -2.40. The number of hydrogen-bond donors (Lipinski definition) is 0. The van der Waals surface area contributed by atoms with Gasteiger partial charge in [-0.1, -0.05) is 6.58 Å². The predicted octanol–water partition coefficient (Wildman–Crippen LogP) is 7.77. The van der Waals surface area contributed by atoms with Crippen LogP contribution in [0.15, 0.2) is 12.2 Å². The molecule has 41 heavy (non-hydrogen) atoms. The lowest BCUT2D eigenvalue weighted by atomic mass is 9.69. The summed E-state index contributed by atoms with van der Waals surface area (Å²) in [4.78, 5) is 10.9. The molecule has 1 aliphatic carbocycles. The molecule has 0 unspecified atom stereocenters. The van der Waals surface area contributed by atoms with Gasteiger partial charge < -0.3 is 4.74 Å². The van der Waals surface area contributed by atoms with Crippen molar-refractivity contribution < 1.29 is 111 Å². The fraction of sp³-hybridized carbons (Fsp3) is 0.812. The highest BCUT2D eigenvalue weighted by atomic mass is 19.4. The van der Waals surface area contributed by atoms with E-state index in [4.69, 9.17) is 0 Å². The summed E-state index contributed by atoms with van der Waals surface area (Å²) in [6, 6.07) is 0. The van der Waals surface area contributed by atoms with E-state index in [0.717, 1.165) is 0 Å². The molecule has 242 valence electrons. The van der Waals surface area contributed by atoms with Gasteiger partial charge in [-0.3, -0.25) is 0 Å². The van der Waals surface area contributed by atoms with Crippen molar-refractivity contribution >= 4 is 5.97 Å². The topological polar surface area (TPSA) is 26.3 Å². The van der Waals surface area contributed by atoms with Crippen LogP contribution < -0.4 is 0 Å². The third kappa shape index (κ3) is 3.63. The Morgan fingerprint density at radius 2 is 0.756 bits per heavy atom. The van der Waals surface area contributed by atoms with Crippen molar-refractivity contribution in [3.05, 3.63) is 12.2 Å². The van der Waals surface area contributed by atoms with E-state index in [1.165, 1.54) is 0 Å². The number of halogens is 23. The highest BCUT2D eigenvalue weighted by Crippen LogP contribution is 2.74. The van der Waals surface area contributed by atoms with Crippen LogP contribution in [0.4, 0.5) is 101 Å². The quantitative estimate of drug-likeness (QED) is 0.165. The number of alkyl halides is 23. The van der Waals surface area contributed by atoms with Crippen LogP contribution in [0.25, 0.3) is 0 Å². The number of carbonyl (C=O) groups is 1. The molecule has 0 radical (unpaired) electrons. The van der Waals surface area contributed by atoms with Gasteiger partial charge in [-0.15, -0.1) is 0 Å². The van der Waals surface area contributed by atoms with Crippen LogP contribution in [0.1, 0.15) is 6.92 Å². The first-order chi connectivity index (χ1) is 17.3. The molecule has 0 amide bonds. The van der Waals surface area contributed by atoms with Gasteiger partial charge in [0.15, 0.2) is 0 Å². The molecule has 0 aromatic rings. The lowest BCUT2D eigenvalue weighted by Crippen LogP contribution is -2.88. The minimum absolute atomic E-state index is 0.190. The monoisotopic (exact) mass is 666 g/mol. The molecule has 0 atom stereocenters. The number of carbonyl (C=O) groups excluding carboxylic acids is 1. The van der Waals surface area contributed by atoms with Crippen molar-refractivity contribution in [2.75, 3.05) is 0 Å². The molecule has 1 fully saturated rings. The first-order valence-electron chi connectivity index (χ1n) is 9.06. The molecule has 0 saturated heterocycles. The zero-order valence-corrected chi connectivity index (χ0v) is 18.2. The summed E-state index contributed by atoms with van der Waals surface area (Å²) >= 11 is 0. The van der Waals surface area contributed by atoms with E-state index in [0.29, 0.717) is 0 Å². The molecule has 0 aromatic carbocycles. The molecule has 25 heteroatoms. The van der Waals surface area contributed by atoms with E-state index in [2.05, 4.69) is 11.3 Å². The van der Waals surface area contributed by atoms with Gasteiger partial charge in [-0.2, -0.15) is 96.6 Å². The van der Waals surface area contributed by atoms with Gasteiger partial charge in [0.05, 0.1) is 0 Å². The highest BCUT2D eigenvalue weighted by Gasteiger charge is 3.07. The molecule has 1 aliphatic rings. The largest absolute Gasteiger partial charge is 0.473 e. The molecule has 2 nitrogen and oxygen atoms in total. The summed E-state index contributed by atoms with van der Waals surface area (Å²) in [6.45, 7) is 2.52. The summed E-state index contributed by atoms with van der Waals surface area (Å²) in [6.07, 6.45) is -7.73. The summed E-state index contributed by atoms with van der Waals surface area (Å²) in [7, 11) is 0. The number of esters is 1. The maximum atomic E-state index is 14.8. The van der Waals surface area contributed by atoms with Crippen LogP contribution in [-0.4, -0.2) is 77.0 Å². The van der Waals surface area contributed by atoms with E-state index >= 15 is 0 Å². The standard InChI is InChI=1S/C16H5F23O2/c1-3(2)4(40)41-16(38,39)15(36,37)11(28,29)8(22,23)5(17)6(18,19)9(24,25)12(30,31)14(34,35)13(32,33)10(26,27)7(5,20)21/h1H2,2H3. The van der Waals surface area contributed by atoms with E-state index in [1.54, 1.807) is 0 Å². The molecule has 1 saturated carbocycles. The van der Waals surface area contributed by atoms with E-state index in [1.807, 2.05) is 0 Å². The molecule has 0 heterocycles. The first kappa shape index (κ1) is 36.6. The fourth-order valence-electron chi connectivity index (χ4n) is 2.87. The van der Waals surface area contributed by atoms with Crippen LogP contribution in [0.3, 0.4) is 0 Å². The van der Waals surface area contributed by atoms with Gasteiger partial charge in [0.1, 0.15) is 0 Å². The van der Waals surface area contributed by atoms with Gasteiger partial charge in [0.25, 0.3) is 0 Å². The summed E-state index contributed by atoms with van der Waals surface area (Å²) in [5.74, 6) is -96.3. The number of rotatable bonds is 6. The van der Waals surface area contributed by atoms with Crippen molar-refractivity contribution in [1.82, 2.24) is 0 Å². The lowest BCUT2D eigenvalue weighted by molar-refractivity contribution is -0.522. The minimum Gasteiger partial charge on any atom is -0.393 e. The molecule has 1 rings (SSSR count). The Bertz CT molecular complexity index is 1040. The minimum atomic E-state index is -10.0. The summed E-state index contributed by atoms with van der Waals surface area (Å²) < 4.78 is 320. The van der Waals surface area contributed by atoms with Crippen LogP contribution in [0.2, 0.25) is 0 Å². The average molecular weight is 666 g/mol. The van der Waals surface area contributed by atoms with Gasteiger partial charge in [0, 0.05) is 5.57 Å². The Labute approximate surface area is 208 Å². The Morgan fingerprint density at radius 1 is 0.512 bits per heavy atom. The average Bonchev–Trinajstić information content (AvgIpc) is 2.75. The van der Waals surface area contributed by atoms with E-state index < -0.39 is 82.5 Å². The Morgan fingerprint density at radius 3 is 1.00 bits per heavy atom. The van der Waals surface area contributed by atoms with Gasteiger partial charge in [-0.25, -0.2) is 9.18 Å². The summed E-state index contributed by atoms with van der Waals surface area (Å²) in [5.41, 5.74) is -11.6. The van der Waals surface area contributed by atoms with Crippen molar-refractivity contribution in [1.29, 1.82) is 0 Å². The second-order valence-electron chi connectivity index (χ2n) is 8.09. The molecule has 0 aromatic heterocycles. The molecule has 0 aliphatic heterocycles. The second-order valence-corrected chi connectivity index (χ2v) is 8.09.